The number of fused-ring (bicyclic) bond motifs is 2. The zero-order valence-electron chi connectivity index (χ0n) is 15.9. The Morgan fingerprint density at radius 3 is 2.79 bits per heavy atom. The summed E-state index contributed by atoms with van der Waals surface area (Å²) in [6.07, 6.45) is 2.84. The van der Waals surface area contributed by atoms with Crippen molar-refractivity contribution >= 4 is 22.6 Å². The minimum atomic E-state index is -0.574. The number of H-pyrrole nitrogens is 1. The lowest BCUT2D eigenvalue weighted by Gasteiger charge is -2.11. The highest BCUT2D eigenvalue weighted by Crippen LogP contribution is 2.32. The third-order valence-electron chi connectivity index (χ3n) is 4.55. The molecule has 0 bridgehead atoms. The predicted octanol–water partition coefficient (Wildman–Crippen LogP) is 1.91. The maximum atomic E-state index is 12.7. The van der Waals surface area contributed by atoms with Gasteiger partial charge in [0.2, 0.25) is 0 Å². The van der Waals surface area contributed by atoms with E-state index in [-0.39, 0.29) is 16.6 Å². The van der Waals surface area contributed by atoms with Crippen LogP contribution in [-0.4, -0.2) is 33.7 Å². The van der Waals surface area contributed by atoms with Crippen molar-refractivity contribution in [2.24, 2.45) is 0 Å². The van der Waals surface area contributed by atoms with Gasteiger partial charge in [0.1, 0.15) is 5.65 Å². The Balaban J connectivity index is 1.65. The van der Waals surface area contributed by atoms with E-state index >= 15 is 0 Å². The number of hydrogen-bond acceptors (Lipinski definition) is 6. The number of rotatable bonds is 4. The van der Waals surface area contributed by atoms with Crippen LogP contribution in [0, 0.1) is 0 Å². The van der Waals surface area contributed by atoms with E-state index in [9.17, 15) is 14.4 Å². The SMILES string of the molecule is CCCn1c(=O)[nH]c(=O)c2cc(C(=O)Nc3ccc4c(c3)OCCCO4)cnc21. The Labute approximate surface area is 165 Å². The average Bonchev–Trinajstić information content (AvgIpc) is 2.95. The van der Waals surface area contributed by atoms with Gasteiger partial charge in [0.25, 0.3) is 11.5 Å². The molecule has 0 fully saturated rings. The second-order valence-corrected chi connectivity index (χ2v) is 6.67. The van der Waals surface area contributed by atoms with Crippen molar-refractivity contribution < 1.29 is 14.3 Å². The number of nitrogens with zero attached hydrogens (tertiary/aromatic N) is 2. The number of carbonyl (C=O) groups is 1. The van der Waals surface area contributed by atoms with Crippen LogP contribution in [0.5, 0.6) is 11.5 Å². The van der Waals surface area contributed by atoms with Gasteiger partial charge in [-0.1, -0.05) is 6.92 Å². The normalized spacial score (nSPS) is 13.1. The molecule has 3 aromatic rings. The Morgan fingerprint density at radius 2 is 2.00 bits per heavy atom. The number of aromatic nitrogens is 3. The van der Waals surface area contributed by atoms with Gasteiger partial charge >= 0.3 is 5.69 Å². The molecule has 0 spiro atoms. The van der Waals surface area contributed by atoms with E-state index in [1.54, 1.807) is 18.2 Å². The number of ether oxygens (including phenoxy) is 2. The largest absolute Gasteiger partial charge is 0.490 e. The molecule has 1 aliphatic heterocycles. The monoisotopic (exact) mass is 396 g/mol. The second kappa shape index (κ2) is 7.78. The first-order valence-corrected chi connectivity index (χ1v) is 9.40. The lowest BCUT2D eigenvalue weighted by molar-refractivity contribution is 0.102. The number of anilines is 1. The summed E-state index contributed by atoms with van der Waals surface area (Å²) in [4.78, 5) is 43.4. The molecule has 2 N–H and O–H groups in total. The van der Waals surface area contributed by atoms with Crippen molar-refractivity contribution in [2.75, 3.05) is 18.5 Å². The molecule has 0 saturated heterocycles. The molecule has 4 rings (SSSR count). The highest BCUT2D eigenvalue weighted by molar-refractivity contribution is 6.05. The number of pyridine rings is 1. The standard InChI is InChI=1S/C20H20N4O5/c1-2-6-24-17-14(19(26)23-20(24)27)9-12(11-21-17)18(25)22-13-4-5-15-16(10-13)29-8-3-7-28-15/h4-5,9-11H,2-3,6-8H2,1H3,(H,22,25)(H,23,26,27). The molecular formula is C20H20N4O5. The van der Waals surface area contributed by atoms with E-state index in [0.29, 0.717) is 43.4 Å². The summed E-state index contributed by atoms with van der Waals surface area (Å²) in [7, 11) is 0. The van der Waals surface area contributed by atoms with Crippen molar-refractivity contribution in [2.45, 2.75) is 26.3 Å². The first-order valence-electron chi connectivity index (χ1n) is 9.40. The molecule has 9 nitrogen and oxygen atoms in total. The summed E-state index contributed by atoms with van der Waals surface area (Å²) in [5, 5.41) is 2.95. The van der Waals surface area contributed by atoms with Crippen LogP contribution in [0.4, 0.5) is 5.69 Å². The Bertz CT molecular complexity index is 1200. The quantitative estimate of drug-likeness (QED) is 0.696. The summed E-state index contributed by atoms with van der Waals surface area (Å²) in [6.45, 7) is 3.46. The number of benzene rings is 1. The maximum Gasteiger partial charge on any atom is 0.329 e. The van der Waals surface area contributed by atoms with Gasteiger partial charge in [0.15, 0.2) is 11.5 Å². The first-order chi connectivity index (χ1) is 14.1. The number of amides is 1. The van der Waals surface area contributed by atoms with E-state index in [0.717, 1.165) is 6.42 Å². The molecule has 1 aliphatic rings. The smallest absolute Gasteiger partial charge is 0.329 e. The molecule has 0 aliphatic carbocycles. The zero-order chi connectivity index (χ0) is 20.4. The van der Waals surface area contributed by atoms with E-state index in [4.69, 9.17) is 9.47 Å². The average molecular weight is 396 g/mol. The van der Waals surface area contributed by atoms with Crippen LogP contribution in [0.15, 0.2) is 40.1 Å². The molecule has 1 amide bonds. The summed E-state index contributed by atoms with van der Waals surface area (Å²) < 4.78 is 12.6. The van der Waals surface area contributed by atoms with Crippen LogP contribution >= 0.6 is 0 Å². The highest BCUT2D eigenvalue weighted by Gasteiger charge is 2.15. The van der Waals surface area contributed by atoms with Gasteiger partial charge in [-0.15, -0.1) is 0 Å². The van der Waals surface area contributed by atoms with Gasteiger partial charge < -0.3 is 14.8 Å². The van der Waals surface area contributed by atoms with Gasteiger partial charge in [0.05, 0.1) is 24.2 Å². The first kappa shape index (κ1) is 18.7. The fourth-order valence-corrected chi connectivity index (χ4v) is 3.17. The van der Waals surface area contributed by atoms with Crippen molar-refractivity contribution in [3.05, 3.63) is 56.9 Å². The number of aromatic amines is 1. The molecule has 29 heavy (non-hydrogen) atoms. The fraction of sp³-hybridized carbons (Fsp3) is 0.300. The van der Waals surface area contributed by atoms with Crippen LogP contribution < -0.4 is 26.0 Å². The van der Waals surface area contributed by atoms with Gasteiger partial charge in [-0.2, -0.15) is 0 Å². The predicted molar refractivity (Wildman–Crippen MR) is 107 cm³/mol. The number of nitrogens with one attached hydrogen (secondary N) is 2. The number of aryl methyl sites for hydroxylation is 1. The third-order valence-corrected chi connectivity index (χ3v) is 4.55. The lowest BCUT2D eigenvalue weighted by Crippen LogP contribution is -2.31. The van der Waals surface area contributed by atoms with Crippen molar-refractivity contribution in [3.8, 4) is 11.5 Å². The summed E-state index contributed by atoms with van der Waals surface area (Å²) >= 11 is 0. The molecule has 9 heteroatoms. The highest BCUT2D eigenvalue weighted by atomic mass is 16.5. The molecule has 0 saturated carbocycles. The van der Waals surface area contributed by atoms with Crippen molar-refractivity contribution in [1.29, 1.82) is 0 Å². The van der Waals surface area contributed by atoms with Gasteiger partial charge in [0, 0.05) is 30.9 Å². The summed E-state index contributed by atoms with van der Waals surface area (Å²) in [6, 6.07) is 6.58. The van der Waals surface area contributed by atoms with Crippen LogP contribution in [0.1, 0.15) is 30.1 Å². The van der Waals surface area contributed by atoms with Crippen LogP contribution in [0.2, 0.25) is 0 Å². The van der Waals surface area contributed by atoms with Gasteiger partial charge in [-0.3, -0.25) is 19.1 Å². The molecule has 0 unspecified atom stereocenters. The molecule has 0 radical (unpaired) electrons. The molecule has 3 heterocycles. The van der Waals surface area contributed by atoms with Crippen LogP contribution in [0.25, 0.3) is 11.0 Å². The summed E-state index contributed by atoms with van der Waals surface area (Å²) in [5.74, 6) is 0.770. The Kier molecular flexibility index (Phi) is 5.03. The topological polar surface area (TPSA) is 115 Å². The number of hydrogen-bond donors (Lipinski definition) is 2. The molecule has 0 atom stereocenters. The Hall–Kier alpha value is -3.62. The maximum absolute atomic E-state index is 12.7. The fourth-order valence-electron chi connectivity index (χ4n) is 3.17. The molecule has 1 aromatic carbocycles. The van der Waals surface area contributed by atoms with E-state index in [2.05, 4.69) is 15.3 Å². The van der Waals surface area contributed by atoms with Crippen LogP contribution in [0.3, 0.4) is 0 Å². The van der Waals surface area contributed by atoms with Crippen molar-refractivity contribution in [1.82, 2.24) is 14.5 Å². The van der Waals surface area contributed by atoms with Gasteiger partial charge in [-0.25, -0.2) is 9.78 Å². The molecule has 150 valence electrons. The molecule has 2 aromatic heterocycles. The minimum Gasteiger partial charge on any atom is -0.490 e. The molecular weight excluding hydrogens is 376 g/mol. The second-order valence-electron chi connectivity index (χ2n) is 6.67. The van der Waals surface area contributed by atoms with E-state index < -0.39 is 17.2 Å². The summed E-state index contributed by atoms with van der Waals surface area (Å²) in [5.41, 5.74) is -0.0925. The lowest BCUT2D eigenvalue weighted by atomic mass is 10.2. The van der Waals surface area contributed by atoms with Crippen LogP contribution in [-0.2, 0) is 6.54 Å². The minimum absolute atomic E-state index is 0.185. The van der Waals surface area contributed by atoms with E-state index in [1.165, 1.54) is 16.8 Å². The third kappa shape index (κ3) is 3.71. The Morgan fingerprint density at radius 1 is 1.21 bits per heavy atom. The van der Waals surface area contributed by atoms with Gasteiger partial charge in [-0.05, 0) is 24.6 Å². The number of carbonyl (C=O) groups excluding carboxylic acids is 1. The zero-order valence-corrected chi connectivity index (χ0v) is 15.9. The van der Waals surface area contributed by atoms with Crippen molar-refractivity contribution in [3.63, 3.8) is 0 Å². The van der Waals surface area contributed by atoms with E-state index in [1.807, 2.05) is 6.92 Å².